The summed E-state index contributed by atoms with van der Waals surface area (Å²) in [5.74, 6) is -0.725. The molecule has 0 unspecified atom stereocenters. The van der Waals surface area contributed by atoms with Crippen molar-refractivity contribution in [3.63, 3.8) is 0 Å². The molecular formula is C16H19NO5. The Labute approximate surface area is 128 Å². The van der Waals surface area contributed by atoms with E-state index in [1.165, 1.54) is 13.2 Å². The minimum absolute atomic E-state index is 0.0332. The second-order valence-corrected chi connectivity index (χ2v) is 5.26. The first-order valence-electron chi connectivity index (χ1n) is 7.01. The number of fused-ring (bicyclic) bond motifs is 1. The van der Waals surface area contributed by atoms with Crippen molar-refractivity contribution in [1.29, 1.82) is 0 Å². The van der Waals surface area contributed by atoms with Crippen LogP contribution in [0.1, 0.15) is 41.3 Å². The smallest absolute Gasteiger partial charge is 0.309 e. The highest BCUT2D eigenvalue weighted by Gasteiger charge is 2.26. The molecule has 0 aliphatic carbocycles. The molecule has 1 aliphatic rings. The first-order chi connectivity index (χ1) is 10.4. The van der Waals surface area contributed by atoms with E-state index in [2.05, 4.69) is 10.1 Å². The monoisotopic (exact) mass is 305 g/mol. The summed E-state index contributed by atoms with van der Waals surface area (Å²) in [6.45, 7) is 2.14. The largest absolute Gasteiger partial charge is 0.508 e. The molecule has 1 aromatic carbocycles. The van der Waals surface area contributed by atoms with Gasteiger partial charge in [0.05, 0.1) is 19.1 Å². The van der Waals surface area contributed by atoms with Gasteiger partial charge < -0.3 is 20.3 Å². The Morgan fingerprint density at radius 2 is 2.18 bits per heavy atom. The van der Waals surface area contributed by atoms with E-state index in [1.807, 2.05) is 6.92 Å². The van der Waals surface area contributed by atoms with Crippen molar-refractivity contribution in [2.75, 3.05) is 7.11 Å². The van der Waals surface area contributed by atoms with Crippen LogP contribution in [0.3, 0.4) is 0 Å². The molecule has 3 N–H and O–H groups in total. The van der Waals surface area contributed by atoms with Gasteiger partial charge in [-0.25, -0.2) is 0 Å². The summed E-state index contributed by atoms with van der Waals surface area (Å²) in [5, 5.41) is 22.9. The van der Waals surface area contributed by atoms with Gasteiger partial charge in [0.15, 0.2) is 0 Å². The van der Waals surface area contributed by atoms with E-state index in [0.717, 1.165) is 5.57 Å². The number of amides is 1. The van der Waals surface area contributed by atoms with Crippen molar-refractivity contribution in [2.45, 2.75) is 32.7 Å². The summed E-state index contributed by atoms with van der Waals surface area (Å²) in [7, 11) is 1.33. The van der Waals surface area contributed by atoms with Crippen molar-refractivity contribution >= 4 is 11.9 Å². The Bertz CT molecular complexity index is 648. The number of rotatable bonds is 5. The molecule has 0 atom stereocenters. The SMILES string of the molecule is COC(=O)C/C=C(\C)CCc1c(O)cc2c(c1O)CNC2=O. The normalized spacial score (nSPS) is 13.7. The van der Waals surface area contributed by atoms with Gasteiger partial charge in [0.2, 0.25) is 0 Å². The van der Waals surface area contributed by atoms with Gasteiger partial charge in [0, 0.05) is 17.7 Å². The maximum atomic E-state index is 11.5. The molecule has 6 nitrogen and oxygen atoms in total. The number of esters is 1. The number of allylic oxidation sites excluding steroid dienone is 1. The van der Waals surface area contributed by atoms with Gasteiger partial charge in [-0.1, -0.05) is 11.6 Å². The molecular weight excluding hydrogens is 286 g/mol. The molecule has 2 rings (SSSR count). The lowest BCUT2D eigenvalue weighted by atomic mass is 9.98. The lowest BCUT2D eigenvalue weighted by molar-refractivity contribution is -0.139. The van der Waals surface area contributed by atoms with Crippen LogP contribution in [-0.4, -0.2) is 29.2 Å². The van der Waals surface area contributed by atoms with Crippen LogP contribution in [0.25, 0.3) is 0 Å². The van der Waals surface area contributed by atoms with Crippen LogP contribution in [0.15, 0.2) is 17.7 Å². The topological polar surface area (TPSA) is 95.9 Å². The number of nitrogens with one attached hydrogen (secondary N) is 1. The number of hydrogen-bond donors (Lipinski definition) is 3. The molecule has 1 amide bonds. The number of carbonyl (C=O) groups excluding carboxylic acids is 2. The van der Waals surface area contributed by atoms with E-state index >= 15 is 0 Å². The van der Waals surface area contributed by atoms with E-state index in [-0.39, 0.29) is 36.3 Å². The lowest BCUT2D eigenvalue weighted by Crippen LogP contribution is -2.12. The molecule has 1 aliphatic heterocycles. The Balaban J connectivity index is 2.11. The Hall–Kier alpha value is -2.50. The van der Waals surface area contributed by atoms with Crippen molar-refractivity contribution < 1.29 is 24.5 Å². The van der Waals surface area contributed by atoms with Crippen LogP contribution in [0.4, 0.5) is 0 Å². The maximum absolute atomic E-state index is 11.5. The first kappa shape index (κ1) is 15.9. The summed E-state index contributed by atoms with van der Waals surface area (Å²) in [6, 6.07) is 1.39. The zero-order valence-corrected chi connectivity index (χ0v) is 12.6. The Morgan fingerprint density at radius 3 is 2.86 bits per heavy atom. The molecule has 0 spiro atoms. The number of benzene rings is 1. The van der Waals surface area contributed by atoms with E-state index in [4.69, 9.17) is 0 Å². The number of methoxy groups -OCH3 is 1. The van der Waals surface area contributed by atoms with Gasteiger partial charge in [0.25, 0.3) is 5.91 Å². The molecule has 118 valence electrons. The number of carbonyl (C=O) groups is 2. The van der Waals surface area contributed by atoms with Gasteiger partial charge in [0.1, 0.15) is 11.5 Å². The maximum Gasteiger partial charge on any atom is 0.309 e. The summed E-state index contributed by atoms with van der Waals surface area (Å²) >= 11 is 0. The summed E-state index contributed by atoms with van der Waals surface area (Å²) < 4.78 is 4.56. The fourth-order valence-electron chi connectivity index (χ4n) is 2.40. The van der Waals surface area contributed by atoms with Crippen LogP contribution in [0.2, 0.25) is 0 Å². The number of hydrogen-bond acceptors (Lipinski definition) is 5. The fraction of sp³-hybridized carbons (Fsp3) is 0.375. The molecule has 22 heavy (non-hydrogen) atoms. The van der Waals surface area contributed by atoms with E-state index in [0.29, 0.717) is 29.5 Å². The summed E-state index contributed by atoms with van der Waals surface area (Å²) in [5.41, 5.74) is 2.21. The van der Waals surface area contributed by atoms with E-state index in [9.17, 15) is 19.8 Å². The highest BCUT2D eigenvalue weighted by molar-refractivity contribution is 5.99. The second-order valence-electron chi connectivity index (χ2n) is 5.26. The molecule has 0 saturated carbocycles. The quantitative estimate of drug-likeness (QED) is 0.569. The van der Waals surface area contributed by atoms with Crippen LogP contribution < -0.4 is 5.32 Å². The van der Waals surface area contributed by atoms with Gasteiger partial charge in [-0.2, -0.15) is 0 Å². The predicted molar refractivity (Wildman–Crippen MR) is 79.7 cm³/mol. The van der Waals surface area contributed by atoms with E-state index in [1.54, 1.807) is 6.08 Å². The van der Waals surface area contributed by atoms with Gasteiger partial charge in [-0.05, 0) is 25.8 Å². The number of aromatic hydroxyl groups is 2. The minimum atomic E-state index is -0.313. The third-order valence-corrected chi connectivity index (χ3v) is 3.77. The van der Waals surface area contributed by atoms with Gasteiger partial charge >= 0.3 is 5.97 Å². The van der Waals surface area contributed by atoms with Crippen molar-refractivity contribution in [3.8, 4) is 11.5 Å². The van der Waals surface area contributed by atoms with Crippen molar-refractivity contribution in [3.05, 3.63) is 34.4 Å². The van der Waals surface area contributed by atoms with Crippen LogP contribution >= 0.6 is 0 Å². The van der Waals surface area contributed by atoms with E-state index < -0.39 is 0 Å². The van der Waals surface area contributed by atoms with Crippen molar-refractivity contribution in [1.82, 2.24) is 5.32 Å². The van der Waals surface area contributed by atoms with Crippen LogP contribution in [0, 0.1) is 0 Å². The first-order valence-corrected chi connectivity index (χ1v) is 7.01. The summed E-state index contributed by atoms with van der Waals surface area (Å²) in [4.78, 5) is 22.6. The van der Waals surface area contributed by atoms with Crippen molar-refractivity contribution in [2.24, 2.45) is 0 Å². The molecule has 0 bridgehead atoms. The third kappa shape index (κ3) is 3.21. The summed E-state index contributed by atoms with van der Waals surface area (Å²) in [6.07, 6.45) is 2.96. The number of ether oxygens (including phenoxy) is 1. The van der Waals surface area contributed by atoms with Gasteiger partial charge in [-0.3, -0.25) is 9.59 Å². The fourth-order valence-corrected chi connectivity index (χ4v) is 2.40. The number of phenols is 2. The average Bonchev–Trinajstić information content (AvgIpc) is 2.86. The second kappa shape index (κ2) is 6.51. The third-order valence-electron chi connectivity index (χ3n) is 3.77. The molecule has 6 heteroatoms. The highest BCUT2D eigenvalue weighted by atomic mass is 16.5. The molecule has 1 aromatic rings. The van der Waals surface area contributed by atoms with Gasteiger partial charge in [-0.15, -0.1) is 0 Å². The Morgan fingerprint density at radius 1 is 1.45 bits per heavy atom. The van der Waals surface area contributed by atoms with Crippen LogP contribution in [0.5, 0.6) is 11.5 Å². The average molecular weight is 305 g/mol. The molecule has 0 saturated heterocycles. The molecule has 0 aromatic heterocycles. The molecule has 0 radical (unpaired) electrons. The minimum Gasteiger partial charge on any atom is -0.508 e. The molecule has 1 heterocycles. The lowest BCUT2D eigenvalue weighted by Gasteiger charge is -2.11. The standard InChI is InChI=1S/C16H19NO5/c1-9(4-6-14(19)22-2)3-5-10-13(18)7-11-12(15(10)20)8-17-16(11)21/h4,7,18,20H,3,5-6,8H2,1-2H3,(H,17,21)/b9-4+. The van der Waals surface area contributed by atoms with Crippen LogP contribution in [-0.2, 0) is 22.5 Å². The predicted octanol–water partition coefficient (Wildman–Crippen LogP) is 1.78. The Kier molecular flexibility index (Phi) is 4.70. The highest BCUT2D eigenvalue weighted by Crippen LogP contribution is 2.37. The zero-order valence-electron chi connectivity index (χ0n) is 12.6. The molecule has 0 fully saturated rings. The number of phenolic OH excluding ortho intramolecular Hbond substituents is 2. The zero-order chi connectivity index (χ0) is 16.3.